The zero-order valence-electron chi connectivity index (χ0n) is 14.5. The summed E-state index contributed by atoms with van der Waals surface area (Å²) in [5.74, 6) is 0. The second-order valence-corrected chi connectivity index (χ2v) is 7.23. The summed E-state index contributed by atoms with van der Waals surface area (Å²) in [6.07, 6.45) is 18.7. The Morgan fingerprint density at radius 3 is 1.95 bits per heavy atom. The van der Waals surface area contributed by atoms with Gasteiger partial charge in [-0.05, 0) is 31.2 Å². The average Bonchev–Trinajstić information content (AvgIpc) is 2.88. The molecule has 1 unspecified atom stereocenters. The van der Waals surface area contributed by atoms with Gasteiger partial charge < -0.3 is 5.32 Å². The van der Waals surface area contributed by atoms with Crippen LogP contribution in [0.1, 0.15) is 104 Å². The summed E-state index contributed by atoms with van der Waals surface area (Å²) in [6.45, 7) is 8.22. The van der Waals surface area contributed by atoms with Crippen molar-refractivity contribution in [2.24, 2.45) is 5.41 Å². The summed E-state index contributed by atoms with van der Waals surface area (Å²) >= 11 is 0. The van der Waals surface area contributed by atoms with Crippen molar-refractivity contribution >= 4 is 0 Å². The van der Waals surface area contributed by atoms with Gasteiger partial charge in [0.15, 0.2) is 0 Å². The van der Waals surface area contributed by atoms with Gasteiger partial charge >= 0.3 is 0 Å². The van der Waals surface area contributed by atoms with Crippen LogP contribution >= 0.6 is 0 Å². The molecule has 1 fully saturated rings. The van der Waals surface area contributed by atoms with Crippen molar-refractivity contribution in [2.45, 2.75) is 110 Å². The Kier molecular flexibility index (Phi) is 9.59. The Labute approximate surface area is 128 Å². The van der Waals surface area contributed by atoms with Crippen molar-refractivity contribution in [3.8, 4) is 0 Å². The van der Waals surface area contributed by atoms with Crippen LogP contribution in [0.2, 0.25) is 0 Å². The van der Waals surface area contributed by atoms with Crippen LogP contribution in [0.5, 0.6) is 0 Å². The van der Waals surface area contributed by atoms with Crippen LogP contribution in [-0.4, -0.2) is 12.6 Å². The van der Waals surface area contributed by atoms with E-state index < -0.39 is 0 Å². The van der Waals surface area contributed by atoms with E-state index in [1.54, 1.807) is 0 Å². The maximum atomic E-state index is 3.78. The van der Waals surface area contributed by atoms with Gasteiger partial charge in [-0.15, -0.1) is 0 Å². The summed E-state index contributed by atoms with van der Waals surface area (Å²) in [6, 6.07) is 0.773. The molecule has 1 aliphatic rings. The topological polar surface area (TPSA) is 12.0 Å². The van der Waals surface area contributed by atoms with Gasteiger partial charge in [0.2, 0.25) is 0 Å². The summed E-state index contributed by atoms with van der Waals surface area (Å²) in [5.41, 5.74) is 0.594. The van der Waals surface area contributed by atoms with E-state index in [1.807, 2.05) is 0 Å². The molecule has 0 aromatic heterocycles. The van der Waals surface area contributed by atoms with Crippen LogP contribution in [0.4, 0.5) is 0 Å². The Balaban J connectivity index is 2.10. The quantitative estimate of drug-likeness (QED) is 0.428. The van der Waals surface area contributed by atoms with Gasteiger partial charge in [0.25, 0.3) is 0 Å². The summed E-state index contributed by atoms with van der Waals surface area (Å²) in [4.78, 5) is 0. The maximum Gasteiger partial charge on any atom is 0.0121 e. The van der Waals surface area contributed by atoms with Gasteiger partial charge in [0.1, 0.15) is 0 Å². The molecule has 1 N–H and O–H groups in total. The molecule has 20 heavy (non-hydrogen) atoms. The molecule has 0 aliphatic heterocycles. The molecule has 0 saturated heterocycles. The van der Waals surface area contributed by atoms with Gasteiger partial charge in [-0.2, -0.15) is 0 Å². The van der Waals surface area contributed by atoms with E-state index in [1.165, 1.54) is 83.5 Å². The fourth-order valence-electron chi connectivity index (χ4n) is 3.96. The minimum absolute atomic E-state index is 0.594. The van der Waals surface area contributed by atoms with E-state index in [2.05, 4.69) is 26.1 Å². The van der Waals surface area contributed by atoms with E-state index >= 15 is 0 Å². The van der Waals surface area contributed by atoms with E-state index in [0.29, 0.717) is 5.41 Å². The third-order valence-electron chi connectivity index (χ3n) is 5.38. The lowest BCUT2D eigenvalue weighted by Crippen LogP contribution is -2.42. The molecule has 120 valence electrons. The fourth-order valence-corrected chi connectivity index (χ4v) is 3.96. The Hall–Kier alpha value is -0.0400. The average molecular weight is 282 g/mol. The monoisotopic (exact) mass is 281 g/mol. The SMILES string of the molecule is CCCCCCCCCCC(NCC)C1(C)CCCC1. The molecule has 0 aromatic rings. The molecule has 1 nitrogen and oxygen atoms in total. The third-order valence-corrected chi connectivity index (χ3v) is 5.38. The van der Waals surface area contributed by atoms with Gasteiger partial charge in [0, 0.05) is 6.04 Å². The van der Waals surface area contributed by atoms with Crippen LogP contribution < -0.4 is 5.32 Å². The van der Waals surface area contributed by atoms with Crippen LogP contribution in [0.15, 0.2) is 0 Å². The molecule has 0 aromatic carbocycles. The zero-order chi connectivity index (χ0) is 14.7. The maximum absolute atomic E-state index is 3.78. The lowest BCUT2D eigenvalue weighted by atomic mass is 9.78. The Bertz CT molecular complexity index is 218. The third kappa shape index (κ3) is 6.61. The van der Waals surface area contributed by atoms with E-state index in [-0.39, 0.29) is 0 Å². The van der Waals surface area contributed by atoms with Crippen LogP contribution in [0.25, 0.3) is 0 Å². The molecule has 0 heterocycles. The highest BCUT2D eigenvalue weighted by Crippen LogP contribution is 2.42. The Morgan fingerprint density at radius 2 is 1.40 bits per heavy atom. The molecule has 0 spiro atoms. The number of hydrogen-bond donors (Lipinski definition) is 1. The van der Waals surface area contributed by atoms with Gasteiger partial charge in [-0.1, -0.05) is 85.0 Å². The number of unbranched alkanes of at least 4 members (excludes halogenated alkanes) is 7. The van der Waals surface area contributed by atoms with Crippen LogP contribution in [-0.2, 0) is 0 Å². The normalized spacial score (nSPS) is 19.4. The van der Waals surface area contributed by atoms with Gasteiger partial charge in [-0.25, -0.2) is 0 Å². The molecule has 1 atom stereocenters. The number of hydrogen-bond acceptors (Lipinski definition) is 1. The smallest absolute Gasteiger partial charge is 0.0121 e. The lowest BCUT2D eigenvalue weighted by molar-refractivity contribution is 0.208. The molecule has 1 heteroatoms. The minimum atomic E-state index is 0.594. The number of nitrogens with one attached hydrogen (secondary N) is 1. The van der Waals surface area contributed by atoms with Gasteiger partial charge in [-0.3, -0.25) is 0 Å². The van der Waals surface area contributed by atoms with Crippen molar-refractivity contribution in [3.63, 3.8) is 0 Å². The summed E-state index contributed by atoms with van der Waals surface area (Å²) in [7, 11) is 0. The fraction of sp³-hybridized carbons (Fsp3) is 1.00. The first-order valence-electron chi connectivity index (χ1n) is 9.46. The standard InChI is InChI=1S/C19H39N/c1-4-6-7-8-9-10-11-12-15-18(20-5-2)19(3)16-13-14-17-19/h18,20H,4-17H2,1-3H3. The molecular formula is C19H39N. The van der Waals surface area contributed by atoms with E-state index in [0.717, 1.165) is 12.6 Å². The second-order valence-electron chi connectivity index (χ2n) is 7.23. The van der Waals surface area contributed by atoms with Crippen LogP contribution in [0, 0.1) is 5.41 Å². The largest absolute Gasteiger partial charge is 0.314 e. The number of rotatable bonds is 12. The highest BCUT2D eigenvalue weighted by atomic mass is 14.9. The summed E-state index contributed by atoms with van der Waals surface area (Å²) < 4.78 is 0. The van der Waals surface area contributed by atoms with Crippen molar-refractivity contribution in [1.29, 1.82) is 0 Å². The van der Waals surface area contributed by atoms with Crippen molar-refractivity contribution in [1.82, 2.24) is 5.32 Å². The molecule has 0 bridgehead atoms. The zero-order valence-corrected chi connectivity index (χ0v) is 14.5. The predicted octanol–water partition coefficient (Wildman–Crippen LogP) is 6.08. The predicted molar refractivity (Wildman–Crippen MR) is 91.3 cm³/mol. The van der Waals surface area contributed by atoms with Crippen LogP contribution in [0.3, 0.4) is 0 Å². The first kappa shape index (κ1) is 18.0. The minimum Gasteiger partial charge on any atom is -0.314 e. The van der Waals surface area contributed by atoms with Crippen molar-refractivity contribution < 1.29 is 0 Å². The van der Waals surface area contributed by atoms with E-state index in [4.69, 9.17) is 0 Å². The van der Waals surface area contributed by atoms with E-state index in [9.17, 15) is 0 Å². The molecule has 0 amide bonds. The molecule has 1 saturated carbocycles. The van der Waals surface area contributed by atoms with Crippen molar-refractivity contribution in [3.05, 3.63) is 0 Å². The lowest BCUT2D eigenvalue weighted by Gasteiger charge is -2.35. The highest BCUT2D eigenvalue weighted by Gasteiger charge is 2.35. The molecule has 1 aliphatic carbocycles. The van der Waals surface area contributed by atoms with Crippen molar-refractivity contribution in [2.75, 3.05) is 6.54 Å². The Morgan fingerprint density at radius 1 is 0.850 bits per heavy atom. The first-order chi connectivity index (χ1) is 9.73. The molecule has 0 radical (unpaired) electrons. The second kappa shape index (κ2) is 10.7. The molecular weight excluding hydrogens is 242 g/mol. The first-order valence-corrected chi connectivity index (χ1v) is 9.46. The summed E-state index contributed by atoms with van der Waals surface area (Å²) in [5, 5.41) is 3.78. The molecule has 1 rings (SSSR count). The highest BCUT2D eigenvalue weighted by molar-refractivity contribution is 4.91. The van der Waals surface area contributed by atoms with Gasteiger partial charge in [0.05, 0.1) is 0 Å².